The van der Waals surface area contributed by atoms with Crippen LogP contribution in [0.3, 0.4) is 0 Å². The maximum Gasteiger partial charge on any atom is 0.170 e. The molecule has 0 unspecified atom stereocenters. The molecule has 0 aliphatic carbocycles. The molecule has 20 heavy (non-hydrogen) atoms. The van der Waals surface area contributed by atoms with Crippen LogP contribution >= 0.6 is 35.4 Å². The largest absolute Gasteiger partial charge is 0.362 e. The highest BCUT2D eigenvalue weighted by Crippen LogP contribution is 2.25. The number of hydrogen-bond acceptors (Lipinski definition) is 2. The lowest BCUT2D eigenvalue weighted by Crippen LogP contribution is -2.29. The zero-order valence-electron chi connectivity index (χ0n) is 10.6. The predicted octanol–water partition coefficient (Wildman–Crippen LogP) is 3.57. The van der Waals surface area contributed by atoms with Crippen LogP contribution in [0.15, 0.2) is 36.7 Å². The standard InChI is InChI=1S/C13H14Cl2N4S/c14-10-3-4-12(11(15)9-10)18-13(20)16-5-1-7-19-8-2-6-17-19/h2-4,6,8-9H,1,5,7H2,(H2,16,18,20). The number of nitrogens with zero attached hydrogens (tertiary/aromatic N) is 2. The SMILES string of the molecule is S=C(NCCCn1cccn1)Nc1ccc(Cl)cc1Cl. The van der Waals surface area contributed by atoms with Crippen molar-refractivity contribution in [2.24, 2.45) is 0 Å². The fourth-order valence-corrected chi connectivity index (χ4v) is 2.30. The second kappa shape index (κ2) is 7.47. The molecule has 0 saturated carbocycles. The van der Waals surface area contributed by atoms with Crippen LogP contribution in [0.2, 0.25) is 10.0 Å². The number of aryl methyl sites for hydroxylation is 1. The Balaban J connectivity index is 1.72. The number of halogens is 2. The third-order valence-corrected chi connectivity index (χ3v) is 3.38. The Bertz CT molecular complexity index is 572. The lowest BCUT2D eigenvalue weighted by molar-refractivity contribution is 0.574. The monoisotopic (exact) mass is 328 g/mol. The minimum absolute atomic E-state index is 0.537. The van der Waals surface area contributed by atoms with Crippen molar-refractivity contribution in [3.05, 3.63) is 46.7 Å². The second-order valence-corrected chi connectivity index (χ2v) is 5.38. The number of benzene rings is 1. The molecule has 2 N–H and O–H groups in total. The molecular weight excluding hydrogens is 315 g/mol. The number of anilines is 1. The van der Waals surface area contributed by atoms with Gasteiger partial charge in [-0.05, 0) is 42.9 Å². The van der Waals surface area contributed by atoms with E-state index in [2.05, 4.69) is 15.7 Å². The smallest absolute Gasteiger partial charge is 0.170 e. The molecule has 0 aliphatic heterocycles. The minimum Gasteiger partial charge on any atom is -0.362 e. The number of thiocarbonyl (C=S) groups is 1. The van der Waals surface area contributed by atoms with E-state index in [0.29, 0.717) is 15.2 Å². The van der Waals surface area contributed by atoms with Crippen molar-refractivity contribution < 1.29 is 0 Å². The molecule has 1 aromatic heterocycles. The fraction of sp³-hybridized carbons (Fsp3) is 0.231. The van der Waals surface area contributed by atoms with E-state index < -0.39 is 0 Å². The summed E-state index contributed by atoms with van der Waals surface area (Å²) in [6.45, 7) is 1.61. The predicted molar refractivity (Wildman–Crippen MR) is 87.5 cm³/mol. The average molecular weight is 329 g/mol. The summed E-state index contributed by atoms with van der Waals surface area (Å²) in [4.78, 5) is 0. The van der Waals surface area contributed by atoms with Gasteiger partial charge in [-0.1, -0.05) is 23.2 Å². The molecule has 0 amide bonds. The third-order valence-electron chi connectivity index (χ3n) is 2.59. The second-order valence-electron chi connectivity index (χ2n) is 4.13. The van der Waals surface area contributed by atoms with Gasteiger partial charge in [0.05, 0.1) is 10.7 Å². The van der Waals surface area contributed by atoms with Gasteiger partial charge in [0, 0.05) is 30.5 Å². The van der Waals surface area contributed by atoms with E-state index in [0.717, 1.165) is 25.2 Å². The molecule has 0 bridgehead atoms. The Hall–Kier alpha value is -1.30. The van der Waals surface area contributed by atoms with E-state index in [-0.39, 0.29) is 0 Å². The quantitative estimate of drug-likeness (QED) is 0.650. The molecule has 2 rings (SSSR count). The highest BCUT2D eigenvalue weighted by atomic mass is 35.5. The van der Waals surface area contributed by atoms with Crippen LogP contribution in [-0.4, -0.2) is 21.4 Å². The molecule has 2 aromatic rings. The van der Waals surface area contributed by atoms with Crippen molar-refractivity contribution in [1.29, 1.82) is 0 Å². The highest BCUT2D eigenvalue weighted by Gasteiger charge is 2.03. The lowest BCUT2D eigenvalue weighted by Gasteiger charge is -2.11. The van der Waals surface area contributed by atoms with Gasteiger partial charge < -0.3 is 10.6 Å². The molecular formula is C13H14Cl2N4S. The van der Waals surface area contributed by atoms with Crippen molar-refractivity contribution in [3.63, 3.8) is 0 Å². The van der Waals surface area contributed by atoms with Crippen LogP contribution in [0.4, 0.5) is 5.69 Å². The molecule has 0 radical (unpaired) electrons. The summed E-state index contributed by atoms with van der Waals surface area (Å²) in [5.41, 5.74) is 0.737. The van der Waals surface area contributed by atoms with E-state index in [1.807, 2.05) is 16.9 Å². The van der Waals surface area contributed by atoms with Gasteiger partial charge in [0.25, 0.3) is 0 Å². The zero-order valence-corrected chi connectivity index (χ0v) is 13.0. The summed E-state index contributed by atoms with van der Waals surface area (Å²) in [6.07, 6.45) is 4.63. The fourth-order valence-electron chi connectivity index (χ4n) is 1.63. The number of nitrogens with one attached hydrogen (secondary N) is 2. The van der Waals surface area contributed by atoms with Crippen molar-refractivity contribution in [3.8, 4) is 0 Å². The first kappa shape index (κ1) is 15.1. The maximum absolute atomic E-state index is 6.06. The summed E-state index contributed by atoms with van der Waals surface area (Å²) >= 11 is 17.1. The summed E-state index contributed by atoms with van der Waals surface area (Å²) in [5.74, 6) is 0. The van der Waals surface area contributed by atoms with Gasteiger partial charge in [-0.25, -0.2) is 0 Å². The van der Waals surface area contributed by atoms with Crippen LogP contribution in [0.1, 0.15) is 6.42 Å². The Morgan fingerprint density at radius 3 is 2.90 bits per heavy atom. The van der Waals surface area contributed by atoms with E-state index in [1.165, 1.54) is 0 Å². The topological polar surface area (TPSA) is 41.9 Å². The van der Waals surface area contributed by atoms with Gasteiger partial charge in [0.15, 0.2) is 5.11 Å². The van der Waals surface area contributed by atoms with Crippen LogP contribution < -0.4 is 10.6 Å². The van der Waals surface area contributed by atoms with Crippen molar-refractivity contribution in [1.82, 2.24) is 15.1 Å². The summed E-state index contributed by atoms with van der Waals surface area (Å²) in [5, 5.41) is 12.0. The van der Waals surface area contributed by atoms with Gasteiger partial charge in [-0.2, -0.15) is 5.10 Å². The van der Waals surface area contributed by atoms with Gasteiger partial charge in [-0.3, -0.25) is 4.68 Å². The van der Waals surface area contributed by atoms with E-state index in [9.17, 15) is 0 Å². The zero-order chi connectivity index (χ0) is 14.4. The molecule has 0 fully saturated rings. The van der Waals surface area contributed by atoms with Gasteiger partial charge in [0.1, 0.15) is 0 Å². The first-order valence-corrected chi connectivity index (χ1v) is 7.29. The van der Waals surface area contributed by atoms with Gasteiger partial charge in [-0.15, -0.1) is 0 Å². The van der Waals surface area contributed by atoms with E-state index >= 15 is 0 Å². The molecule has 7 heteroatoms. The van der Waals surface area contributed by atoms with E-state index in [4.69, 9.17) is 35.4 Å². The first-order chi connectivity index (χ1) is 9.65. The summed E-state index contributed by atoms with van der Waals surface area (Å²) < 4.78 is 1.88. The van der Waals surface area contributed by atoms with Gasteiger partial charge in [0.2, 0.25) is 0 Å². The molecule has 106 valence electrons. The Morgan fingerprint density at radius 1 is 1.35 bits per heavy atom. The Kier molecular flexibility index (Phi) is 5.64. The Morgan fingerprint density at radius 2 is 2.20 bits per heavy atom. The molecule has 0 aliphatic rings. The van der Waals surface area contributed by atoms with Crippen LogP contribution in [0, 0.1) is 0 Å². The summed E-state index contributed by atoms with van der Waals surface area (Å²) in [7, 11) is 0. The minimum atomic E-state index is 0.537. The maximum atomic E-state index is 6.06. The molecule has 1 aromatic carbocycles. The molecule has 0 saturated heterocycles. The average Bonchev–Trinajstić information content (AvgIpc) is 2.91. The molecule has 4 nitrogen and oxygen atoms in total. The molecule has 0 atom stereocenters. The van der Waals surface area contributed by atoms with Crippen molar-refractivity contribution >= 4 is 46.2 Å². The molecule has 1 heterocycles. The van der Waals surface area contributed by atoms with Gasteiger partial charge >= 0.3 is 0 Å². The third kappa shape index (κ3) is 4.67. The Labute approximate surface area is 133 Å². The number of hydrogen-bond donors (Lipinski definition) is 2. The normalized spacial score (nSPS) is 10.3. The van der Waals surface area contributed by atoms with Crippen molar-refractivity contribution in [2.75, 3.05) is 11.9 Å². The molecule has 0 spiro atoms. The van der Waals surface area contributed by atoms with Crippen molar-refractivity contribution in [2.45, 2.75) is 13.0 Å². The number of rotatable bonds is 5. The number of aromatic nitrogens is 2. The highest BCUT2D eigenvalue weighted by molar-refractivity contribution is 7.80. The van der Waals surface area contributed by atoms with E-state index in [1.54, 1.807) is 24.4 Å². The van der Waals surface area contributed by atoms with Crippen LogP contribution in [0.25, 0.3) is 0 Å². The van der Waals surface area contributed by atoms with Crippen LogP contribution in [-0.2, 0) is 6.54 Å². The summed E-state index contributed by atoms with van der Waals surface area (Å²) in [6, 6.07) is 7.13. The lowest BCUT2D eigenvalue weighted by atomic mass is 10.3. The first-order valence-electron chi connectivity index (χ1n) is 6.12. The van der Waals surface area contributed by atoms with Crippen LogP contribution in [0.5, 0.6) is 0 Å².